The Labute approximate surface area is 806 Å². The van der Waals surface area contributed by atoms with Gasteiger partial charge in [0.25, 0.3) is 0 Å². The van der Waals surface area contributed by atoms with E-state index in [9.17, 15) is 0 Å². The van der Waals surface area contributed by atoms with Crippen LogP contribution in [-0.4, -0.2) is 44.9 Å². The Hall–Kier alpha value is -18.4. The largest absolute Gasteiger partial charge is 0.456 e. The number of hydrogen-bond acceptors (Lipinski definition) is 12. The molecule has 6 heterocycles. The lowest BCUT2D eigenvalue weighted by Gasteiger charge is -2.33. The van der Waals surface area contributed by atoms with Crippen LogP contribution in [0, 0.1) is 0 Å². The molecule has 0 aliphatic heterocycles. The molecular formula is C128H81N9O3. The number of nitrogens with zero attached hydrogens (tertiary/aromatic N) is 9. The summed E-state index contributed by atoms with van der Waals surface area (Å²) >= 11 is 0. The van der Waals surface area contributed by atoms with Gasteiger partial charge in [-0.05, 0) is 191 Å². The van der Waals surface area contributed by atoms with Gasteiger partial charge in [0.05, 0.1) is 10.8 Å². The van der Waals surface area contributed by atoms with Crippen molar-refractivity contribution < 1.29 is 13.3 Å². The van der Waals surface area contributed by atoms with Crippen molar-refractivity contribution in [1.29, 1.82) is 0 Å². The second kappa shape index (κ2) is 32.4. The molecule has 0 saturated carbocycles. The van der Waals surface area contributed by atoms with Crippen molar-refractivity contribution in [2.45, 2.75) is 30.1 Å². The van der Waals surface area contributed by atoms with Gasteiger partial charge in [0.15, 0.2) is 52.4 Å². The maximum absolute atomic E-state index is 6.13. The highest BCUT2D eigenvalue weighted by atomic mass is 16.3. The van der Waals surface area contributed by atoms with Crippen LogP contribution in [0.3, 0.4) is 0 Å². The van der Waals surface area contributed by atoms with Crippen molar-refractivity contribution >= 4 is 65.8 Å². The SMILES string of the molecule is CC1(C)c2ccccc2-c2cc(-c3nc(-c4ccccc4)nc(-c4ccc5oc6ccccc6c5c4)n3)ccc21.c1ccc(-c2nc(-c3ccc4c(c3)-c3ccccc3C4(c3ccccc3)c3ccccc3)nc(-c3ccc4oc5ccccc5c4c3)n2)cc1.c1ccc(-c2nc(-c3ccc4c(c3)-c3ccccc3C43c4ccccc4-c4ccccc43)nc(-c3ccc4oc5ccccc5c4c3)n2)cc1. The zero-order valence-corrected chi connectivity index (χ0v) is 76.1. The molecule has 29 rings (SSSR count). The zero-order chi connectivity index (χ0) is 92.7. The standard InChI is InChI=1S/C46H27N3O.C46H29N3O.C36H25N3O/c1-2-12-28(13-3-1)43-47-44(49-45(48-43)30-23-25-42-36(27-30)34-17-7-11-21-41(34)50-42)29-22-24-40-35(26-29)33-16-6-10-20-39(33)46(40)37-18-8-4-14-31(37)32-15-5-9-19-38(32)46;1-4-14-30(15-5-1)43-47-44(49-45(48-43)32-25-27-42-38(29-32)36-21-11-13-23-41(36)50-42)31-24-26-40-37(28-31)35-20-10-12-22-39(35)46(40,33-16-6-2-7-17-33)34-18-8-3-9-19-34;1-36(2)29-14-8-6-12-25(29)27-20-23(16-18-30(27)36)34-37-33(22-10-4-3-5-11-22)38-35(39-34)24-17-19-32-28(21-24)26-13-7-9-15-31(26)40-32/h1-27H;1-29H;3-21H,1-2H3. The third kappa shape index (κ3) is 13.0. The van der Waals surface area contributed by atoms with Crippen LogP contribution >= 0.6 is 0 Å². The molecule has 6 aromatic heterocycles. The Morgan fingerprint density at radius 1 is 0.150 bits per heavy atom. The summed E-state index contributed by atoms with van der Waals surface area (Å²) in [7, 11) is 0. The van der Waals surface area contributed by atoms with E-state index in [1.807, 2.05) is 182 Å². The van der Waals surface area contributed by atoms with Crippen molar-refractivity contribution in [1.82, 2.24) is 44.9 Å². The molecule has 656 valence electrons. The second-order valence-corrected chi connectivity index (χ2v) is 36.8. The minimum absolute atomic E-state index is 0.0489. The van der Waals surface area contributed by atoms with E-state index < -0.39 is 5.41 Å². The highest BCUT2D eigenvalue weighted by Gasteiger charge is 2.52. The molecule has 4 aliphatic rings. The summed E-state index contributed by atoms with van der Waals surface area (Å²) in [5, 5.41) is 6.35. The van der Waals surface area contributed by atoms with E-state index in [-0.39, 0.29) is 10.8 Å². The fraction of sp³-hybridized carbons (Fsp3) is 0.0391. The minimum atomic E-state index is -0.463. The van der Waals surface area contributed by atoms with E-state index in [1.54, 1.807) is 0 Å². The predicted molar refractivity (Wildman–Crippen MR) is 561 cm³/mol. The molecule has 0 saturated heterocycles. The van der Waals surface area contributed by atoms with Crippen molar-refractivity contribution in [2.75, 3.05) is 0 Å². The van der Waals surface area contributed by atoms with Crippen LogP contribution in [0.5, 0.6) is 0 Å². The van der Waals surface area contributed by atoms with Gasteiger partial charge in [-0.3, -0.25) is 0 Å². The first-order valence-corrected chi connectivity index (χ1v) is 47.4. The maximum atomic E-state index is 6.13. The predicted octanol–water partition coefficient (Wildman–Crippen LogP) is 31.3. The second-order valence-electron chi connectivity index (χ2n) is 36.8. The summed E-state index contributed by atoms with van der Waals surface area (Å²) in [4.78, 5) is 45.5. The number of aromatic nitrogens is 9. The van der Waals surface area contributed by atoms with Gasteiger partial charge in [0, 0.05) is 87.8 Å². The van der Waals surface area contributed by atoms with Gasteiger partial charge in [-0.25, -0.2) is 44.9 Å². The molecular weight excluding hydrogens is 1710 g/mol. The number of furan rings is 3. The lowest BCUT2D eigenvalue weighted by atomic mass is 9.67. The van der Waals surface area contributed by atoms with E-state index >= 15 is 0 Å². The Bertz CT molecular complexity index is 8940. The molecule has 1 spiro atoms. The summed E-state index contributed by atoms with van der Waals surface area (Å²) in [6.07, 6.45) is 0. The van der Waals surface area contributed by atoms with Gasteiger partial charge in [0.2, 0.25) is 0 Å². The smallest absolute Gasteiger partial charge is 0.164 e. The maximum Gasteiger partial charge on any atom is 0.164 e. The fourth-order valence-electron chi connectivity index (χ4n) is 22.3. The van der Waals surface area contributed by atoms with Gasteiger partial charge in [0.1, 0.15) is 33.5 Å². The zero-order valence-electron chi connectivity index (χ0n) is 76.1. The van der Waals surface area contributed by atoms with Crippen molar-refractivity contribution in [3.05, 3.63) is 511 Å². The van der Waals surface area contributed by atoms with Crippen molar-refractivity contribution in [3.63, 3.8) is 0 Å². The molecule has 4 aliphatic carbocycles. The van der Waals surface area contributed by atoms with Crippen molar-refractivity contribution in [3.8, 4) is 147 Å². The topological polar surface area (TPSA) is 155 Å². The summed E-state index contributed by atoms with van der Waals surface area (Å²) in [5.41, 5.74) is 35.5. The van der Waals surface area contributed by atoms with Crippen LogP contribution in [0.4, 0.5) is 0 Å². The Morgan fingerprint density at radius 2 is 0.357 bits per heavy atom. The average Bonchev–Trinajstić information content (AvgIpc) is 1.51. The van der Waals surface area contributed by atoms with Crippen LogP contribution < -0.4 is 0 Å². The molecule has 0 bridgehead atoms. The van der Waals surface area contributed by atoms with Crippen LogP contribution in [0.25, 0.3) is 213 Å². The molecule has 0 amide bonds. The lowest BCUT2D eigenvalue weighted by Crippen LogP contribution is -2.28. The minimum Gasteiger partial charge on any atom is -0.456 e. The summed E-state index contributed by atoms with van der Waals surface area (Å²) in [6.45, 7) is 4.59. The van der Waals surface area contributed by atoms with Gasteiger partial charge in [-0.1, -0.05) is 378 Å². The molecule has 12 heteroatoms. The van der Waals surface area contributed by atoms with Gasteiger partial charge < -0.3 is 13.3 Å². The molecule has 0 atom stereocenters. The Morgan fingerprint density at radius 3 is 0.693 bits per heavy atom. The summed E-state index contributed by atoms with van der Waals surface area (Å²) in [5.74, 6) is 5.72. The first kappa shape index (κ1) is 81.2. The highest BCUT2D eigenvalue weighted by molar-refractivity contribution is 6.09. The number of benzene rings is 19. The first-order valence-electron chi connectivity index (χ1n) is 47.4. The van der Waals surface area contributed by atoms with E-state index in [1.165, 1.54) is 100 Å². The van der Waals surface area contributed by atoms with Crippen LogP contribution in [0.2, 0.25) is 0 Å². The van der Waals surface area contributed by atoms with Crippen LogP contribution in [0.1, 0.15) is 69.5 Å². The quantitative estimate of drug-likeness (QED) is 0.121. The van der Waals surface area contributed by atoms with Crippen LogP contribution in [0.15, 0.2) is 468 Å². The third-order valence-electron chi connectivity index (χ3n) is 28.7. The fourth-order valence-corrected chi connectivity index (χ4v) is 22.3. The molecule has 0 unspecified atom stereocenters. The number of para-hydroxylation sites is 3. The molecule has 0 fully saturated rings. The van der Waals surface area contributed by atoms with E-state index in [4.69, 9.17) is 58.1 Å². The van der Waals surface area contributed by atoms with Crippen molar-refractivity contribution in [2.24, 2.45) is 0 Å². The first-order chi connectivity index (χ1) is 69.1. The summed E-state index contributed by atoms with van der Waals surface area (Å²) in [6, 6.07) is 159. The molecule has 140 heavy (non-hydrogen) atoms. The monoisotopic (exact) mass is 1790 g/mol. The molecule has 0 radical (unpaired) electrons. The van der Waals surface area contributed by atoms with Gasteiger partial charge in [-0.15, -0.1) is 0 Å². The Balaban J connectivity index is 0.000000106. The Kier molecular flexibility index (Phi) is 18.8. The van der Waals surface area contributed by atoms with E-state index in [2.05, 4.69) is 287 Å². The van der Waals surface area contributed by atoms with E-state index in [0.717, 1.165) is 116 Å². The molecule has 12 nitrogen and oxygen atoms in total. The average molecular weight is 1790 g/mol. The van der Waals surface area contributed by atoms with Gasteiger partial charge in [-0.2, -0.15) is 0 Å². The molecule has 0 N–H and O–H groups in total. The number of rotatable bonds is 11. The molecule has 25 aromatic rings. The third-order valence-corrected chi connectivity index (χ3v) is 28.7. The van der Waals surface area contributed by atoms with Gasteiger partial charge >= 0.3 is 0 Å². The lowest BCUT2D eigenvalue weighted by molar-refractivity contribution is 0.660. The van der Waals surface area contributed by atoms with Crippen LogP contribution in [-0.2, 0) is 16.2 Å². The number of hydrogen-bond donors (Lipinski definition) is 0. The number of fused-ring (bicyclic) bond motifs is 25. The molecule has 19 aromatic carbocycles. The van der Waals surface area contributed by atoms with E-state index in [0.29, 0.717) is 52.4 Å². The summed E-state index contributed by atoms with van der Waals surface area (Å²) < 4.78 is 18.3. The highest BCUT2D eigenvalue weighted by Crippen LogP contribution is 2.64. The normalized spacial score (nSPS) is 13.2.